The summed E-state index contributed by atoms with van der Waals surface area (Å²) in [6.45, 7) is 6.14. The average molecular weight is 360 g/mol. The molecule has 2 aromatic carbocycles. The fraction of sp³-hybridized carbons (Fsp3) is 0.278. The summed E-state index contributed by atoms with van der Waals surface area (Å²) < 4.78 is 34.7. The van der Waals surface area contributed by atoms with E-state index in [1.807, 2.05) is 39.0 Å². The zero-order chi connectivity index (χ0) is 18.2. The lowest BCUT2D eigenvalue weighted by molar-refractivity contribution is 0.512. The summed E-state index contributed by atoms with van der Waals surface area (Å²) in [5.74, 6) is -0.494. The number of aryl methyl sites for hydroxylation is 3. The van der Waals surface area contributed by atoms with E-state index in [-0.39, 0.29) is 10.5 Å². The Morgan fingerprint density at radius 2 is 1.88 bits per heavy atom. The Morgan fingerprint density at radius 1 is 1.12 bits per heavy atom. The van der Waals surface area contributed by atoms with Crippen molar-refractivity contribution in [2.45, 2.75) is 38.6 Å². The second kappa shape index (κ2) is 6.40. The van der Waals surface area contributed by atoms with Gasteiger partial charge in [-0.1, -0.05) is 19.1 Å². The molecule has 0 aliphatic heterocycles. The molecule has 0 fully saturated rings. The van der Waals surface area contributed by atoms with Gasteiger partial charge in [0.15, 0.2) is 5.58 Å². The molecule has 1 heterocycles. The van der Waals surface area contributed by atoms with E-state index in [4.69, 9.17) is 4.42 Å². The molecule has 0 aliphatic rings. The predicted molar refractivity (Wildman–Crippen MR) is 97.5 cm³/mol. The minimum absolute atomic E-state index is 0.0540. The maximum Gasteiger partial charge on any atom is 0.419 e. The minimum Gasteiger partial charge on any atom is -0.408 e. The highest BCUT2D eigenvalue weighted by Crippen LogP contribution is 2.24. The summed E-state index contributed by atoms with van der Waals surface area (Å²) in [7, 11) is -3.78. The van der Waals surface area contributed by atoms with Crippen molar-refractivity contribution in [1.82, 2.24) is 4.57 Å². The summed E-state index contributed by atoms with van der Waals surface area (Å²) in [6, 6.07) is 10.1. The third-order valence-electron chi connectivity index (χ3n) is 4.22. The largest absolute Gasteiger partial charge is 0.419 e. The number of anilines is 1. The number of nitrogens with zero attached hydrogens (tertiary/aromatic N) is 1. The molecule has 0 radical (unpaired) electrons. The van der Waals surface area contributed by atoms with E-state index in [1.54, 1.807) is 6.07 Å². The van der Waals surface area contributed by atoms with Crippen LogP contribution in [0.3, 0.4) is 0 Å². The van der Waals surface area contributed by atoms with Crippen LogP contribution in [-0.4, -0.2) is 13.0 Å². The summed E-state index contributed by atoms with van der Waals surface area (Å²) in [4.78, 5) is 11.8. The van der Waals surface area contributed by atoms with Crippen molar-refractivity contribution in [2.24, 2.45) is 0 Å². The van der Waals surface area contributed by atoms with E-state index in [2.05, 4.69) is 4.72 Å². The number of benzene rings is 2. The zero-order valence-electron chi connectivity index (χ0n) is 14.4. The van der Waals surface area contributed by atoms with Gasteiger partial charge in [-0.15, -0.1) is 0 Å². The van der Waals surface area contributed by atoms with Crippen molar-refractivity contribution in [1.29, 1.82) is 0 Å². The normalized spacial score (nSPS) is 11.8. The molecule has 0 saturated heterocycles. The lowest BCUT2D eigenvalue weighted by Gasteiger charge is -2.12. The SMILES string of the molecule is CCc1ccc(C)c(NS(=O)(=O)c2ccc3c(c2)oc(=O)n3CC)c1. The second-order valence-electron chi connectivity index (χ2n) is 5.85. The molecule has 0 spiro atoms. The lowest BCUT2D eigenvalue weighted by Crippen LogP contribution is -2.14. The summed E-state index contributed by atoms with van der Waals surface area (Å²) in [5.41, 5.74) is 3.27. The number of oxazole rings is 1. The van der Waals surface area contributed by atoms with Crippen molar-refractivity contribution in [2.75, 3.05) is 4.72 Å². The number of sulfonamides is 1. The molecule has 0 atom stereocenters. The molecule has 0 aliphatic carbocycles. The van der Waals surface area contributed by atoms with Crippen LogP contribution in [0.25, 0.3) is 11.1 Å². The topological polar surface area (TPSA) is 81.3 Å². The summed E-state index contributed by atoms with van der Waals surface area (Å²) in [5, 5.41) is 0. The zero-order valence-corrected chi connectivity index (χ0v) is 15.2. The van der Waals surface area contributed by atoms with Gasteiger partial charge in [0, 0.05) is 12.6 Å². The van der Waals surface area contributed by atoms with Gasteiger partial charge < -0.3 is 4.42 Å². The van der Waals surface area contributed by atoms with Gasteiger partial charge >= 0.3 is 5.76 Å². The first-order chi connectivity index (χ1) is 11.9. The van der Waals surface area contributed by atoms with Crippen LogP contribution in [0.5, 0.6) is 0 Å². The van der Waals surface area contributed by atoms with E-state index in [0.29, 0.717) is 17.7 Å². The molecular weight excluding hydrogens is 340 g/mol. The van der Waals surface area contributed by atoms with Gasteiger partial charge in [-0.25, -0.2) is 13.2 Å². The maximum atomic E-state index is 12.7. The second-order valence-corrected chi connectivity index (χ2v) is 7.53. The number of fused-ring (bicyclic) bond motifs is 1. The average Bonchev–Trinajstić information content (AvgIpc) is 2.90. The molecule has 1 aromatic heterocycles. The quantitative estimate of drug-likeness (QED) is 0.757. The highest BCUT2D eigenvalue weighted by molar-refractivity contribution is 7.92. The van der Waals surface area contributed by atoms with Crippen LogP contribution in [0.4, 0.5) is 5.69 Å². The van der Waals surface area contributed by atoms with Crippen molar-refractivity contribution in [3.8, 4) is 0 Å². The van der Waals surface area contributed by atoms with Crippen LogP contribution < -0.4 is 10.5 Å². The standard InChI is InChI=1S/C18H20N2O4S/c1-4-13-7-6-12(3)15(10-13)19-25(22,23)14-8-9-16-17(11-14)24-18(21)20(16)5-2/h6-11,19H,4-5H2,1-3H3. The summed E-state index contributed by atoms with van der Waals surface area (Å²) >= 11 is 0. The molecule has 132 valence electrons. The van der Waals surface area contributed by atoms with E-state index in [0.717, 1.165) is 17.5 Å². The van der Waals surface area contributed by atoms with Gasteiger partial charge in [0.1, 0.15) is 0 Å². The van der Waals surface area contributed by atoms with Crippen LogP contribution in [-0.2, 0) is 23.0 Å². The molecule has 3 aromatic rings. The fourth-order valence-corrected chi connectivity index (χ4v) is 3.85. The Balaban J connectivity index is 2.03. The van der Waals surface area contributed by atoms with Crippen LogP contribution >= 0.6 is 0 Å². The van der Waals surface area contributed by atoms with Crippen molar-refractivity contribution < 1.29 is 12.8 Å². The highest BCUT2D eigenvalue weighted by atomic mass is 32.2. The van der Waals surface area contributed by atoms with Gasteiger partial charge in [-0.2, -0.15) is 0 Å². The van der Waals surface area contributed by atoms with Gasteiger partial charge in [-0.3, -0.25) is 9.29 Å². The third kappa shape index (κ3) is 3.19. The van der Waals surface area contributed by atoms with Crippen LogP contribution in [0.15, 0.2) is 50.5 Å². The number of aromatic nitrogens is 1. The van der Waals surface area contributed by atoms with Crippen molar-refractivity contribution >= 4 is 26.8 Å². The first-order valence-corrected chi connectivity index (χ1v) is 9.59. The Kier molecular flexibility index (Phi) is 4.43. The number of rotatable bonds is 5. The van der Waals surface area contributed by atoms with Crippen molar-refractivity contribution in [3.05, 3.63) is 58.1 Å². The molecular formula is C18H20N2O4S. The van der Waals surface area contributed by atoms with E-state index in [1.165, 1.54) is 16.7 Å². The first-order valence-electron chi connectivity index (χ1n) is 8.11. The maximum absolute atomic E-state index is 12.7. The first kappa shape index (κ1) is 17.3. The molecule has 0 bridgehead atoms. The van der Waals surface area contributed by atoms with Crippen LogP contribution in [0.1, 0.15) is 25.0 Å². The predicted octanol–water partition coefficient (Wildman–Crippen LogP) is 3.29. The van der Waals surface area contributed by atoms with E-state index in [9.17, 15) is 13.2 Å². The Bertz CT molecular complexity index is 1090. The van der Waals surface area contributed by atoms with Crippen molar-refractivity contribution in [3.63, 3.8) is 0 Å². The minimum atomic E-state index is -3.78. The van der Waals surface area contributed by atoms with Crippen LogP contribution in [0.2, 0.25) is 0 Å². The molecule has 0 amide bonds. The molecule has 0 unspecified atom stereocenters. The van der Waals surface area contributed by atoms with E-state index < -0.39 is 15.8 Å². The monoisotopic (exact) mass is 360 g/mol. The molecule has 3 rings (SSSR count). The molecule has 25 heavy (non-hydrogen) atoms. The number of hydrogen-bond donors (Lipinski definition) is 1. The lowest BCUT2D eigenvalue weighted by atomic mass is 10.1. The molecule has 1 N–H and O–H groups in total. The van der Waals surface area contributed by atoms with Gasteiger partial charge in [-0.05, 0) is 49.6 Å². The highest BCUT2D eigenvalue weighted by Gasteiger charge is 2.18. The Labute approximate surface area is 146 Å². The van der Waals surface area contributed by atoms with E-state index >= 15 is 0 Å². The van der Waals surface area contributed by atoms with Gasteiger partial charge in [0.25, 0.3) is 10.0 Å². The number of nitrogens with one attached hydrogen (secondary N) is 1. The third-order valence-corrected chi connectivity index (χ3v) is 5.58. The van der Waals surface area contributed by atoms with Gasteiger partial charge in [0.05, 0.1) is 16.1 Å². The molecule has 7 heteroatoms. The van der Waals surface area contributed by atoms with Crippen LogP contribution in [0, 0.1) is 6.92 Å². The Hall–Kier alpha value is -2.54. The smallest absolute Gasteiger partial charge is 0.408 e. The molecule has 6 nitrogen and oxygen atoms in total. The summed E-state index contributed by atoms with van der Waals surface area (Å²) in [6.07, 6.45) is 0.816. The van der Waals surface area contributed by atoms with Gasteiger partial charge in [0.2, 0.25) is 0 Å². The fourth-order valence-electron chi connectivity index (χ4n) is 2.72. The number of hydrogen-bond acceptors (Lipinski definition) is 4. The Morgan fingerprint density at radius 3 is 2.56 bits per heavy atom. The molecule has 0 saturated carbocycles.